The van der Waals surface area contributed by atoms with Crippen molar-refractivity contribution in [3.05, 3.63) is 59.3 Å². The van der Waals surface area contributed by atoms with Gasteiger partial charge in [0.05, 0.1) is 5.69 Å². The zero-order valence-electron chi connectivity index (χ0n) is 15.0. The average molecular weight is 389 g/mol. The number of hydrogen-bond acceptors (Lipinski definition) is 6. The monoisotopic (exact) mass is 389 g/mol. The van der Waals surface area contributed by atoms with E-state index in [-0.39, 0.29) is 12.2 Å². The van der Waals surface area contributed by atoms with E-state index in [9.17, 15) is 13.2 Å². The average Bonchev–Trinajstić information content (AvgIpc) is 3.11. The summed E-state index contributed by atoms with van der Waals surface area (Å²) in [5, 5.41) is 14.0. The highest BCUT2D eigenvalue weighted by atomic mass is 19.3. The Bertz CT molecular complexity index is 1010. The summed E-state index contributed by atoms with van der Waals surface area (Å²) in [5.74, 6) is -1.06. The van der Waals surface area contributed by atoms with E-state index in [4.69, 9.17) is 5.41 Å². The van der Waals surface area contributed by atoms with Crippen LogP contribution in [-0.4, -0.2) is 30.8 Å². The number of aryl methyl sites for hydroxylation is 1. The standard InChI is InChI=1S/C18H18F3N7/c1-2-4-12-14(24-10-28-18(12)26-17(27-28)15(20)21)9-11(6-7-22)25-16-13(19)5-3-8-23-16/h3,5-8,10,15,22H,2,4,9H2,1H3,(H,23,25)/b11-6-,22-7?. The quantitative estimate of drug-likeness (QED) is 0.573. The van der Waals surface area contributed by atoms with Gasteiger partial charge in [0.15, 0.2) is 17.3 Å². The lowest BCUT2D eigenvalue weighted by molar-refractivity contribution is 0.140. The second kappa shape index (κ2) is 8.59. The molecule has 0 atom stereocenters. The van der Waals surface area contributed by atoms with Crippen LogP contribution in [-0.2, 0) is 12.8 Å². The van der Waals surface area contributed by atoms with Crippen LogP contribution in [0.2, 0.25) is 0 Å². The number of alkyl halides is 2. The number of halogens is 3. The Labute approximate surface area is 158 Å². The summed E-state index contributed by atoms with van der Waals surface area (Å²) in [4.78, 5) is 12.2. The zero-order valence-corrected chi connectivity index (χ0v) is 15.0. The summed E-state index contributed by atoms with van der Waals surface area (Å²) in [6.45, 7) is 1.95. The van der Waals surface area contributed by atoms with Gasteiger partial charge in [0.1, 0.15) is 6.33 Å². The molecule has 28 heavy (non-hydrogen) atoms. The number of fused-ring (bicyclic) bond motifs is 1. The van der Waals surface area contributed by atoms with Crippen LogP contribution in [0.1, 0.15) is 36.9 Å². The topological polar surface area (TPSA) is 91.9 Å². The smallest absolute Gasteiger partial charge is 0.299 e. The van der Waals surface area contributed by atoms with Crippen molar-refractivity contribution in [1.29, 1.82) is 5.41 Å². The van der Waals surface area contributed by atoms with Gasteiger partial charge in [-0.3, -0.25) is 0 Å². The molecule has 0 aliphatic carbocycles. The summed E-state index contributed by atoms with van der Waals surface area (Å²) >= 11 is 0. The molecule has 7 nitrogen and oxygen atoms in total. The van der Waals surface area contributed by atoms with E-state index in [1.807, 2.05) is 6.92 Å². The van der Waals surface area contributed by atoms with Crippen LogP contribution in [0, 0.1) is 11.2 Å². The molecule has 3 aromatic rings. The van der Waals surface area contributed by atoms with E-state index < -0.39 is 18.1 Å². The number of nitrogens with zero attached hydrogens (tertiary/aromatic N) is 5. The van der Waals surface area contributed by atoms with Crippen LogP contribution in [0.15, 0.2) is 36.4 Å². The molecule has 0 saturated carbocycles. The van der Waals surface area contributed by atoms with Gasteiger partial charge in [-0.2, -0.15) is 0 Å². The third kappa shape index (κ3) is 4.16. The third-order valence-electron chi connectivity index (χ3n) is 3.96. The molecule has 3 rings (SSSR count). The van der Waals surface area contributed by atoms with Gasteiger partial charge in [-0.1, -0.05) is 13.3 Å². The van der Waals surface area contributed by atoms with Crippen molar-refractivity contribution in [2.75, 3.05) is 5.32 Å². The number of nitrogens with one attached hydrogen (secondary N) is 2. The summed E-state index contributed by atoms with van der Waals surface area (Å²) < 4.78 is 41.1. The minimum atomic E-state index is -2.78. The molecule has 10 heteroatoms. The summed E-state index contributed by atoms with van der Waals surface area (Å²) in [7, 11) is 0. The largest absolute Gasteiger partial charge is 0.341 e. The van der Waals surface area contributed by atoms with Gasteiger partial charge >= 0.3 is 0 Å². The normalized spacial score (nSPS) is 12.0. The van der Waals surface area contributed by atoms with Crippen LogP contribution in [0.3, 0.4) is 0 Å². The Morgan fingerprint density at radius 1 is 1.36 bits per heavy atom. The highest BCUT2D eigenvalue weighted by Crippen LogP contribution is 2.22. The number of hydrogen-bond donors (Lipinski definition) is 2. The van der Waals surface area contributed by atoms with Crippen molar-refractivity contribution in [2.45, 2.75) is 32.6 Å². The number of rotatable bonds is 8. The molecule has 0 amide bonds. The Morgan fingerprint density at radius 2 is 2.18 bits per heavy atom. The van der Waals surface area contributed by atoms with E-state index in [0.29, 0.717) is 29.0 Å². The van der Waals surface area contributed by atoms with E-state index in [1.165, 1.54) is 35.2 Å². The van der Waals surface area contributed by atoms with Crippen LogP contribution in [0.4, 0.5) is 19.0 Å². The number of pyridine rings is 1. The lowest BCUT2D eigenvalue weighted by Crippen LogP contribution is -2.11. The second-order valence-electron chi connectivity index (χ2n) is 5.95. The van der Waals surface area contributed by atoms with Crippen molar-refractivity contribution in [2.24, 2.45) is 0 Å². The van der Waals surface area contributed by atoms with Crippen LogP contribution >= 0.6 is 0 Å². The molecule has 0 bridgehead atoms. The predicted octanol–water partition coefficient (Wildman–Crippen LogP) is 3.74. The molecule has 3 aromatic heterocycles. The second-order valence-corrected chi connectivity index (χ2v) is 5.95. The maximum Gasteiger partial charge on any atom is 0.299 e. The van der Waals surface area contributed by atoms with Gasteiger partial charge in [0, 0.05) is 30.1 Å². The van der Waals surface area contributed by atoms with Crippen molar-refractivity contribution < 1.29 is 13.2 Å². The molecule has 0 aliphatic rings. The van der Waals surface area contributed by atoms with E-state index in [2.05, 4.69) is 25.4 Å². The third-order valence-corrected chi connectivity index (χ3v) is 3.96. The lowest BCUT2D eigenvalue weighted by atomic mass is 10.1. The highest BCUT2D eigenvalue weighted by molar-refractivity contribution is 5.70. The van der Waals surface area contributed by atoms with Gasteiger partial charge in [0.2, 0.25) is 5.82 Å². The van der Waals surface area contributed by atoms with Crippen molar-refractivity contribution >= 4 is 17.7 Å². The first-order valence-corrected chi connectivity index (χ1v) is 8.61. The molecule has 0 spiro atoms. The van der Waals surface area contributed by atoms with Gasteiger partial charge in [-0.25, -0.2) is 32.6 Å². The molecule has 0 fully saturated rings. The van der Waals surface area contributed by atoms with E-state index in [1.54, 1.807) is 0 Å². The molecule has 2 N–H and O–H groups in total. The van der Waals surface area contributed by atoms with Crippen LogP contribution in [0.5, 0.6) is 0 Å². The molecule has 0 aliphatic heterocycles. The summed E-state index contributed by atoms with van der Waals surface area (Å²) in [5.41, 5.74) is 2.07. The number of aromatic nitrogens is 5. The first-order chi connectivity index (χ1) is 13.5. The molecular formula is C18H18F3N7. The van der Waals surface area contributed by atoms with Gasteiger partial charge < -0.3 is 10.7 Å². The molecule has 146 valence electrons. The molecule has 0 saturated heterocycles. The Kier molecular flexibility index (Phi) is 5.97. The Morgan fingerprint density at radius 3 is 2.86 bits per heavy atom. The van der Waals surface area contributed by atoms with Crippen molar-refractivity contribution in [1.82, 2.24) is 24.6 Å². The minimum Gasteiger partial charge on any atom is -0.341 e. The molecule has 0 aromatic carbocycles. The van der Waals surface area contributed by atoms with Gasteiger partial charge in [-0.15, -0.1) is 5.10 Å². The SMILES string of the molecule is CCCc1c(C/C(=C/C=N)Nc2ncccc2F)ncn2nc(C(F)F)nc12. The fourth-order valence-electron chi connectivity index (χ4n) is 2.76. The maximum absolute atomic E-state index is 13.9. The predicted molar refractivity (Wildman–Crippen MR) is 98.1 cm³/mol. The minimum absolute atomic E-state index is 0.0242. The van der Waals surface area contributed by atoms with Crippen molar-refractivity contribution in [3.8, 4) is 0 Å². The lowest BCUT2D eigenvalue weighted by Gasteiger charge is -2.13. The number of anilines is 1. The Hall–Kier alpha value is -3.30. The molecular weight excluding hydrogens is 371 g/mol. The fraction of sp³-hybridized carbons (Fsp3) is 0.278. The molecule has 0 unspecified atom stereocenters. The van der Waals surface area contributed by atoms with Crippen LogP contribution < -0.4 is 5.32 Å². The first kappa shape index (κ1) is 19.5. The van der Waals surface area contributed by atoms with Gasteiger partial charge in [-0.05, 0) is 24.6 Å². The van der Waals surface area contributed by atoms with Crippen LogP contribution in [0.25, 0.3) is 5.65 Å². The van der Waals surface area contributed by atoms with Crippen molar-refractivity contribution in [3.63, 3.8) is 0 Å². The zero-order chi connectivity index (χ0) is 20.1. The Balaban J connectivity index is 1.98. The first-order valence-electron chi connectivity index (χ1n) is 8.61. The number of allylic oxidation sites excluding steroid dienone is 2. The summed E-state index contributed by atoms with van der Waals surface area (Å²) in [6.07, 6.45) is 4.04. The van der Waals surface area contributed by atoms with E-state index in [0.717, 1.165) is 12.6 Å². The van der Waals surface area contributed by atoms with E-state index >= 15 is 0 Å². The summed E-state index contributed by atoms with van der Waals surface area (Å²) in [6, 6.07) is 2.74. The molecule has 3 heterocycles. The van der Waals surface area contributed by atoms with Gasteiger partial charge in [0.25, 0.3) is 6.43 Å². The molecule has 0 radical (unpaired) electrons. The maximum atomic E-state index is 13.9. The highest BCUT2D eigenvalue weighted by Gasteiger charge is 2.19. The fourth-order valence-corrected chi connectivity index (χ4v) is 2.76.